The minimum absolute atomic E-state index is 0.0706. The van der Waals surface area contributed by atoms with E-state index in [1.165, 1.54) is 0 Å². The molecule has 3 nitrogen and oxygen atoms in total. The highest BCUT2D eigenvalue weighted by Gasteiger charge is 2.11. The predicted molar refractivity (Wildman–Crippen MR) is 53.2 cm³/mol. The fraction of sp³-hybridized carbons (Fsp3) is 0.600. The van der Waals surface area contributed by atoms with Crippen LogP contribution in [0.15, 0.2) is 12.5 Å². The number of hydrogen-bond donors (Lipinski definition) is 1. The summed E-state index contributed by atoms with van der Waals surface area (Å²) in [7, 11) is 0. The third kappa shape index (κ3) is 2.77. The molecule has 0 saturated carbocycles. The summed E-state index contributed by atoms with van der Waals surface area (Å²) >= 11 is 0. The molecule has 0 bridgehead atoms. The summed E-state index contributed by atoms with van der Waals surface area (Å²) < 4.78 is 0. The van der Waals surface area contributed by atoms with E-state index in [2.05, 4.69) is 23.8 Å². The quantitative estimate of drug-likeness (QED) is 0.770. The maximum Gasteiger partial charge on any atom is 0.115 e. The first-order valence-electron chi connectivity index (χ1n) is 4.63. The topological polar surface area (TPSA) is 51.8 Å². The number of nitrogens with zero attached hydrogens (tertiary/aromatic N) is 2. The van der Waals surface area contributed by atoms with Gasteiger partial charge in [0.15, 0.2) is 0 Å². The molecule has 1 atom stereocenters. The second kappa shape index (κ2) is 4.33. The molecule has 1 heterocycles. The Morgan fingerprint density at radius 1 is 1.46 bits per heavy atom. The zero-order valence-electron chi connectivity index (χ0n) is 8.49. The number of rotatable bonds is 3. The summed E-state index contributed by atoms with van der Waals surface area (Å²) in [4.78, 5) is 8.10. The van der Waals surface area contributed by atoms with Crippen molar-refractivity contribution in [3.8, 4) is 0 Å². The Bertz CT molecular complexity index is 271. The molecule has 0 spiro atoms. The molecule has 1 aromatic rings. The molecule has 0 aliphatic heterocycles. The summed E-state index contributed by atoms with van der Waals surface area (Å²) in [6, 6.07) is 0.0706. The zero-order valence-corrected chi connectivity index (χ0v) is 8.49. The van der Waals surface area contributed by atoms with Crippen molar-refractivity contribution in [1.82, 2.24) is 9.97 Å². The molecule has 0 aromatic carbocycles. The van der Waals surface area contributed by atoms with Crippen LogP contribution in [-0.4, -0.2) is 9.97 Å². The Balaban J connectivity index is 2.76. The molecule has 0 fully saturated rings. The monoisotopic (exact) mass is 179 g/mol. The van der Waals surface area contributed by atoms with E-state index < -0.39 is 0 Å². The van der Waals surface area contributed by atoms with Crippen LogP contribution in [0.4, 0.5) is 0 Å². The van der Waals surface area contributed by atoms with E-state index in [4.69, 9.17) is 5.73 Å². The molecule has 0 aliphatic rings. The summed E-state index contributed by atoms with van der Waals surface area (Å²) in [5.74, 6) is 0.606. The number of hydrogen-bond acceptors (Lipinski definition) is 3. The Hall–Kier alpha value is -0.960. The van der Waals surface area contributed by atoms with Gasteiger partial charge >= 0.3 is 0 Å². The van der Waals surface area contributed by atoms with Crippen LogP contribution in [0.25, 0.3) is 0 Å². The van der Waals surface area contributed by atoms with Crippen LogP contribution in [-0.2, 0) is 0 Å². The van der Waals surface area contributed by atoms with Gasteiger partial charge < -0.3 is 5.73 Å². The Kier molecular flexibility index (Phi) is 3.37. The van der Waals surface area contributed by atoms with Crippen LogP contribution >= 0.6 is 0 Å². The summed E-state index contributed by atoms with van der Waals surface area (Å²) in [6.07, 6.45) is 4.35. The van der Waals surface area contributed by atoms with Crippen LogP contribution in [0.3, 0.4) is 0 Å². The molecule has 0 aliphatic carbocycles. The van der Waals surface area contributed by atoms with Crippen molar-refractivity contribution in [2.75, 3.05) is 0 Å². The minimum atomic E-state index is 0.0706. The molecule has 3 heteroatoms. The average molecular weight is 179 g/mol. The largest absolute Gasteiger partial charge is 0.324 e. The number of aryl methyl sites for hydroxylation is 1. The third-order valence-electron chi connectivity index (χ3n) is 2.07. The van der Waals surface area contributed by atoms with E-state index in [0.717, 1.165) is 17.7 Å². The van der Waals surface area contributed by atoms with Gasteiger partial charge in [0.25, 0.3) is 0 Å². The average Bonchev–Trinajstić information content (AvgIpc) is 2.03. The Labute approximate surface area is 79.4 Å². The van der Waals surface area contributed by atoms with Crippen LogP contribution < -0.4 is 5.73 Å². The SMILES string of the molecule is Cc1ncncc1C(N)CC(C)C. The molecule has 0 amide bonds. The fourth-order valence-corrected chi connectivity index (χ4v) is 1.40. The summed E-state index contributed by atoms with van der Waals surface area (Å²) in [6.45, 7) is 6.30. The molecule has 0 radical (unpaired) electrons. The Morgan fingerprint density at radius 2 is 2.15 bits per heavy atom. The number of aromatic nitrogens is 2. The predicted octanol–water partition coefficient (Wildman–Crippen LogP) is 1.83. The molecule has 1 rings (SSSR count). The lowest BCUT2D eigenvalue weighted by molar-refractivity contribution is 0.506. The highest BCUT2D eigenvalue weighted by molar-refractivity contribution is 5.18. The minimum Gasteiger partial charge on any atom is -0.324 e. The maximum atomic E-state index is 6.02. The van der Waals surface area contributed by atoms with E-state index in [9.17, 15) is 0 Å². The lowest BCUT2D eigenvalue weighted by Crippen LogP contribution is -2.15. The van der Waals surface area contributed by atoms with E-state index in [1.807, 2.05) is 13.1 Å². The van der Waals surface area contributed by atoms with E-state index in [1.54, 1.807) is 6.33 Å². The lowest BCUT2D eigenvalue weighted by atomic mass is 9.98. The van der Waals surface area contributed by atoms with Crippen LogP contribution in [0, 0.1) is 12.8 Å². The molecule has 13 heavy (non-hydrogen) atoms. The van der Waals surface area contributed by atoms with Gasteiger partial charge in [0, 0.05) is 23.5 Å². The molecule has 1 aromatic heterocycles. The van der Waals surface area contributed by atoms with Gasteiger partial charge in [-0.15, -0.1) is 0 Å². The highest BCUT2D eigenvalue weighted by atomic mass is 14.8. The zero-order chi connectivity index (χ0) is 9.84. The van der Waals surface area contributed by atoms with Crippen LogP contribution in [0.1, 0.15) is 37.6 Å². The lowest BCUT2D eigenvalue weighted by Gasteiger charge is -2.15. The molecule has 2 N–H and O–H groups in total. The first kappa shape index (κ1) is 10.1. The molecular weight excluding hydrogens is 162 g/mol. The van der Waals surface area contributed by atoms with Crippen LogP contribution in [0.5, 0.6) is 0 Å². The molecule has 0 saturated heterocycles. The van der Waals surface area contributed by atoms with Crippen molar-refractivity contribution in [1.29, 1.82) is 0 Å². The van der Waals surface area contributed by atoms with Crippen molar-refractivity contribution in [2.24, 2.45) is 11.7 Å². The molecule has 72 valence electrons. The van der Waals surface area contributed by atoms with Crippen LogP contribution in [0.2, 0.25) is 0 Å². The van der Waals surface area contributed by atoms with Gasteiger partial charge in [-0.2, -0.15) is 0 Å². The highest BCUT2D eigenvalue weighted by Crippen LogP contribution is 2.19. The smallest absolute Gasteiger partial charge is 0.115 e. The van der Waals surface area contributed by atoms with Gasteiger partial charge in [-0.1, -0.05) is 13.8 Å². The standard InChI is InChI=1S/C10H17N3/c1-7(2)4-10(11)9-5-12-6-13-8(9)3/h5-7,10H,4,11H2,1-3H3. The van der Waals surface area contributed by atoms with Gasteiger partial charge in [-0.05, 0) is 19.3 Å². The Morgan fingerprint density at radius 3 is 2.69 bits per heavy atom. The molecular formula is C10H17N3. The van der Waals surface area contributed by atoms with Gasteiger partial charge in [0.05, 0.1) is 0 Å². The van der Waals surface area contributed by atoms with Crippen molar-refractivity contribution in [3.05, 3.63) is 23.8 Å². The first-order valence-corrected chi connectivity index (χ1v) is 4.63. The normalized spacial score (nSPS) is 13.3. The van der Waals surface area contributed by atoms with E-state index in [-0.39, 0.29) is 6.04 Å². The van der Waals surface area contributed by atoms with Crippen molar-refractivity contribution < 1.29 is 0 Å². The van der Waals surface area contributed by atoms with Crippen molar-refractivity contribution in [3.63, 3.8) is 0 Å². The van der Waals surface area contributed by atoms with E-state index in [0.29, 0.717) is 5.92 Å². The second-order valence-electron chi connectivity index (χ2n) is 3.80. The van der Waals surface area contributed by atoms with Crippen molar-refractivity contribution in [2.45, 2.75) is 33.2 Å². The number of nitrogens with two attached hydrogens (primary N) is 1. The maximum absolute atomic E-state index is 6.02. The van der Waals surface area contributed by atoms with Gasteiger partial charge in [0.1, 0.15) is 6.33 Å². The fourth-order valence-electron chi connectivity index (χ4n) is 1.40. The summed E-state index contributed by atoms with van der Waals surface area (Å²) in [5, 5.41) is 0. The van der Waals surface area contributed by atoms with Gasteiger partial charge in [0.2, 0.25) is 0 Å². The second-order valence-corrected chi connectivity index (χ2v) is 3.80. The first-order chi connectivity index (χ1) is 6.11. The van der Waals surface area contributed by atoms with E-state index >= 15 is 0 Å². The van der Waals surface area contributed by atoms with Gasteiger partial charge in [-0.3, -0.25) is 0 Å². The van der Waals surface area contributed by atoms with Gasteiger partial charge in [-0.25, -0.2) is 9.97 Å². The van der Waals surface area contributed by atoms with Crippen molar-refractivity contribution >= 4 is 0 Å². The molecule has 1 unspecified atom stereocenters. The summed E-state index contributed by atoms with van der Waals surface area (Å²) in [5.41, 5.74) is 8.07. The third-order valence-corrected chi connectivity index (χ3v) is 2.07.